The molecule has 200 valence electrons. The van der Waals surface area contributed by atoms with Crippen molar-refractivity contribution in [3.8, 4) is 0 Å². The summed E-state index contributed by atoms with van der Waals surface area (Å²) in [4.78, 5) is 44.8. The van der Waals surface area contributed by atoms with Crippen LogP contribution in [-0.4, -0.2) is 46.6 Å². The minimum Gasteiger partial charge on any atom is -0.354 e. The monoisotopic (exact) mass is 506 g/mol. The maximum absolute atomic E-state index is 13.2. The molecule has 0 saturated carbocycles. The Morgan fingerprint density at radius 1 is 1.08 bits per heavy atom. The van der Waals surface area contributed by atoms with Crippen molar-refractivity contribution in [2.24, 2.45) is 5.41 Å². The van der Waals surface area contributed by atoms with Crippen molar-refractivity contribution in [3.63, 3.8) is 0 Å². The van der Waals surface area contributed by atoms with Crippen LogP contribution in [-0.2, 0) is 24.3 Å². The Labute approximate surface area is 220 Å². The molecule has 1 aromatic carbocycles. The molecule has 7 heteroatoms. The predicted octanol–water partition coefficient (Wildman–Crippen LogP) is 4.68. The number of aromatic nitrogens is 1. The average molecular weight is 507 g/mol. The number of amides is 2. The van der Waals surface area contributed by atoms with E-state index < -0.39 is 6.04 Å². The van der Waals surface area contributed by atoms with Crippen molar-refractivity contribution < 1.29 is 14.4 Å². The van der Waals surface area contributed by atoms with Crippen LogP contribution in [0.5, 0.6) is 0 Å². The van der Waals surface area contributed by atoms with Gasteiger partial charge in [-0.05, 0) is 67.8 Å². The summed E-state index contributed by atoms with van der Waals surface area (Å²) in [6.45, 7) is 11.7. The van der Waals surface area contributed by atoms with Gasteiger partial charge in [0.05, 0.1) is 0 Å². The molecule has 37 heavy (non-hydrogen) atoms. The molecular weight excluding hydrogens is 464 g/mol. The number of unbranched alkanes of at least 4 members (excludes halogenated alkanes) is 1. The van der Waals surface area contributed by atoms with E-state index >= 15 is 0 Å². The van der Waals surface area contributed by atoms with Gasteiger partial charge in [0.25, 0.3) is 5.91 Å². The summed E-state index contributed by atoms with van der Waals surface area (Å²) in [5.74, 6) is -0.445. The fraction of sp³-hybridized carbons (Fsp3) is 0.567. The Hall–Kier alpha value is -2.93. The van der Waals surface area contributed by atoms with Crippen LogP contribution in [0, 0.1) is 12.3 Å². The maximum Gasteiger partial charge on any atom is 0.268 e. The zero-order chi connectivity index (χ0) is 26.6. The number of ketones is 1. The van der Waals surface area contributed by atoms with E-state index in [0.717, 1.165) is 37.1 Å². The van der Waals surface area contributed by atoms with Crippen molar-refractivity contribution in [1.82, 2.24) is 20.5 Å². The number of H-pyrrole nitrogens is 1. The lowest BCUT2D eigenvalue weighted by molar-refractivity contribution is -0.123. The van der Waals surface area contributed by atoms with Crippen molar-refractivity contribution >= 4 is 17.6 Å². The first-order chi connectivity index (χ1) is 17.7. The van der Waals surface area contributed by atoms with E-state index in [-0.39, 0.29) is 23.0 Å². The lowest BCUT2D eigenvalue weighted by atomic mass is 9.75. The Kier molecular flexibility index (Phi) is 8.53. The molecule has 2 heterocycles. The van der Waals surface area contributed by atoms with E-state index in [1.54, 1.807) is 0 Å². The van der Waals surface area contributed by atoms with Gasteiger partial charge in [-0.3, -0.25) is 19.3 Å². The van der Waals surface area contributed by atoms with E-state index in [2.05, 4.69) is 65.6 Å². The van der Waals surface area contributed by atoms with Crippen molar-refractivity contribution in [2.75, 3.05) is 13.1 Å². The van der Waals surface area contributed by atoms with Gasteiger partial charge >= 0.3 is 0 Å². The molecule has 1 aromatic heterocycles. The third-order valence-electron chi connectivity index (χ3n) is 7.69. The summed E-state index contributed by atoms with van der Waals surface area (Å²) in [7, 11) is 0. The standard InChI is InChI=1S/C30H42N4O3/c1-5-6-9-23(28(36)31-18-21-10-12-22(13-11-21)19-34-14-7-8-15-34)33-29(37)27-20(2)26-24(32-27)16-30(3,4)17-25(26)35/h10-13,23,32H,5-9,14-19H2,1-4H3,(H,31,36)(H,33,37). The number of rotatable bonds is 10. The number of likely N-dealkylation sites (tertiary alicyclic amines) is 1. The van der Waals surface area contributed by atoms with Gasteiger partial charge in [0, 0.05) is 30.8 Å². The molecule has 0 radical (unpaired) electrons. The summed E-state index contributed by atoms with van der Waals surface area (Å²) in [6.07, 6.45) is 6.07. The normalized spacial score (nSPS) is 17.9. The van der Waals surface area contributed by atoms with Gasteiger partial charge < -0.3 is 15.6 Å². The quantitative estimate of drug-likeness (QED) is 0.436. The first kappa shape index (κ1) is 27.1. The molecule has 0 spiro atoms. The van der Waals surface area contributed by atoms with E-state index in [0.29, 0.717) is 36.2 Å². The first-order valence-corrected chi connectivity index (χ1v) is 13.8. The molecule has 7 nitrogen and oxygen atoms in total. The number of aromatic amines is 1. The smallest absolute Gasteiger partial charge is 0.268 e. The number of fused-ring (bicyclic) bond motifs is 1. The summed E-state index contributed by atoms with van der Waals surface area (Å²) in [6, 6.07) is 7.77. The van der Waals surface area contributed by atoms with Gasteiger partial charge in [-0.25, -0.2) is 0 Å². The number of carbonyl (C=O) groups excluding carboxylic acids is 3. The van der Waals surface area contributed by atoms with E-state index in [9.17, 15) is 14.4 Å². The molecule has 1 aliphatic carbocycles. The summed E-state index contributed by atoms with van der Waals surface area (Å²) in [5.41, 5.74) is 4.73. The highest BCUT2D eigenvalue weighted by Crippen LogP contribution is 2.36. The molecule has 1 unspecified atom stereocenters. The second-order valence-electron chi connectivity index (χ2n) is 11.6. The second kappa shape index (κ2) is 11.6. The van der Waals surface area contributed by atoms with Crippen molar-refractivity contribution in [1.29, 1.82) is 0 Å². The number of hydrogen-bond donors (Lipinski definition) is 3. The molecular formula is C30H42N4O3. The summed E-state index contributed by atoms with van der Waals surface area (Å²) in [5, 5.41) is 5.95. The van der Waals surface area contributed by atoms with E-state index in [1.807, 2.05) is 6.92 Å². The SMILES string of the molecule is CCCCC(NC(=O)c1[nH]c2c(c1C)C(=O)CC(C)(C)C2)C(=O)NCc1ccc(CN2CCCC2)cc1. The van der Waals surface area contributed by atoms with Crippen LogP contribution in [0.3, 0.4) is 0 Å². The zero-order valence-electron chi connectivity index (χ0n) is 22.8. The topological polar surface area (TPSA) is 94.3 Å². The zero-order valence-corrected chi connectivity index (χ0v) is 22.8. The Bertz CT molecular complexity index is 1130. The van der Waals surface area contributed by atoms with Crippen LogP contribution in [0.2, 0.25) is 0 Å². The maximum atomic E-state index is 13.2. The molecule has 1 saturated heterocycles. The number of carbonyl (C=O) groups is 3. The van der Waals surface area contributed by atoms with Gasteiger partial charge in [-0.15, -0.1) is 0 Å². The fourth-order valence-corrected chi connectivity index (χ4v) is 5.64. The highest BCUT2D eigenvalue weighted by molar-refractivity contribution is 6.05. The Morgan fingerprint density at radius 2 is 1.76 bits per heavy atom. The summed E-state index contributed by atoms with van der Waals surface area (Å²) >= 11 is 0. The van der Waals surface area contributed by atoms with Gasteiger partial charge in [-0.2, -0.15) is 0 Å². The van der Waals surface area contributed by atoms with Gasteiger partial charge in [-0.1, -0.05) is 57.9 Å². The van der Waals surface area contributed by atoms with Crippen LogP contribution >= 0.6 is 0 Å². The minimum atomic E-state index is -0.631. The van der Waals surface area contributed by atoms with Crippen LogP contribution < -0.4 is 10.6 Å². The summed E-state index contributed by atoms with van der Waals surface area (Å²) < 4.78 is 0. The minimum absolute atomic E-state index is 0.0748. The lowest BCUT2D eigenvalue weighted by Crippen LogP contribution is -2.46. The molecule has 1 aliphatic heterocycles. The van der Waals surface area contributed by atoms with Gasteiger partial charge in [0.1, 0.15) is 11.7 Å². The van der Waals surface area contributed by atoms with Gasteiger partial charge in [0.2, 0.25) is 5.91 Å². The molecule has 2 amide bonds. The number of nitrogens with zero attached hydrogens (tertiary/aromatic N) is 1. The molecule has 3 N–H and O–H groups in total. The van der Waals surface area contributed by atoms with Crippen LogP contribution in [0.25, 0.3) is 0 Å². The second-order valence-corrected chi connectivity index (χ2v) is 11.6. The van der Waals surface area contributed by atoms with Gasteiger partial charge in [0.15, 0.2) is 5.78 Å². The van der Waals surface area contributed by atoms with Crippen LogP contribution in [0.4, 0.5) is 0 Å². The largest absolute Gasteiger partial charge is 0.354 e. The molecule has 1 atom stereocenters. The van der Waals surface area contributed by atoms with Crippen LogP contribution in [0.1, 0.15) is 103 Å². The number of hydrogen-bond acceptors (Lipinski definition) is 4. The predicted molar refractivity (Wildman–Crippen MR) is 146 cm³/mol. The van der Waals surface area contributed by atoms with Crippen LogP contribution in [0.15, 0.2) is 24.3 Å². The molecule has 2 aromatic rings. The number of Topliss-reactive ketones (excluding diaryl/α,β-unsaturated/α-hetero) is 1. The molecule has 4 rings (SSSR count). The number of benzene rings is 1. The first-order valence-electron chi connectivity index (χ1n) is 13.8. The lowest BCUT2D eigenvalue weighted by Gasteiger charge is -2.28. The Balaban J connectivity index is 1.38. The van der Waals surface area contributed by atoms with E-state index in [4.69, 9.17) is 0 Å². The molecule has 0 bridgehead atoms. The highest BCUT2D eigenvalue weighted by Gasteiger charge is 2.35. The van der Waals surface area contributed by atoms with Crippen molar-refractivity contribution in [2.45, 2.75) is 91.8 Å². The Morgan fingerprint density at radius 3 is 2.43 bits per heavy atom. The van der Waals surface area contributed by atoms with Crippen molar-refractivity contribution in [3.05, 3.63) is 57.9 Å². The molecule has 1 fully saturated rings. The third-order valence-corrected chi connectivity index (χ3v) is 7.69. The number of nitrogens with one attached hydrogen (secondary N) is 3. The fourth-order valence-electron chi connectivity index (χ4n) is 5.64. The third kappa shape index (κ3) is 6.69. The van der Waals surface area contributed by atoms with E-state index in [1.165, 1.54) is 31.5 Å². The average Bonchev–Trinajstić information content (AvgIpc) is 3.47. The highest BCUT2D eigenvalue weighted by atomic mass is 16.2. The molecule has 2 aliphatic rings.